The molecule has 1 nitrogen and oxygen atoms in total. The maximum absolute atomic E-state index is 2.41. The third kappa shape index (κ3) is 5.05. The molecule has 0 fully saturated rings. The molecule has 0 saturated carbocycles. The molecular weight excluding hydrogens is 542 g/mol. The molecule has 45 heavy (non-hydrogen) atoms. The molecule has 8 aromatic carbocycles. The lowest BCUT2D eigenvalue weighted by Gasteiger charge is -2.29. The van der Waals surface area contributed by atoms with Gasteiger partial charge in [0.05, 0.1) is 5.69 Å². The zero-order valence-corrected chi connectivity index (χ0v) is 24.8. The van der Waals surface area contributed by atoms with Crippen LogP contribution in [0.25, 0.3) is 54.9 Å². The first-order valence-electron chi connectivity index (χ1n) is 15.4. The van der Waals surface area contributed by atoms with Crippen LogP contribution in [0, 0.1) is 0 Å². The largest absolute Gasteiger partial charge is 0.310 e. The molecule has 0 radical (unpaired) electrons. The number of hydrogen-bond acceptors (Lipinski definition) is 1. The summed E-state index contributed by atoms with van der Waals surface area (Å²) in [5.74, 6) is 0. The average molecular weight is 574 g/mol. The van der Waals surface area contributed by atoms with E-state index < -0.39 is 0 Å². The number of anilines is 3. The molecular formula is C44H31N. The van der Waals surface area contributed by atoms with Gasteiger partial charge in [0.1, 0.15) is 0 Å². The van der Waals surface area contributed by atoms with Gasteiger partial charge < -0.3 is 4.90 Å². The van der Waals surface area contributed by atoms with Gasteiger partial charge in [-0.05, 0) is 79.7 Å². The maximum atomic E-state index is 2.41. The van der Waals surface area contributed by atoms with E-state index in [2.05, 4.69) is 193 Å². The zero-order valence-electron chi connectivity index (χ0n) is 24.8. The minimum Gasteiger partial charge on any atom is -0.310 e. The van der Waals surface area contributed by atoms with Gasteiger partial charge in [0.2, 0.25) is 0 Å². The summed E-state index contributed by atoms with van der Waals surface area (Å²) < 4.78 is 0. The highest BCUT2D eigenvalue weighted by Crippen LogP contribution is 2.46. The fourth-order valence-electron chi connectivity index (χ4n) is 6.47. The molecule has 0 atom stereocenters. The Morgan fingerprint density at radius 3 is 1.31 bits per heavy atom. The number of rotatable bonds is 6. The lowest BCUT2D eigenvalue weighted by Crippen LogP contribution is -2.11. The first-order chi connectivity index (χ1) is 22.3. The minimum atomic E-state index is 1.11. The standard InChI is InChI=1S/C44H31N/c1-3-12-32(13-4-1)34-22-27-38(28-23-34)45(39-29-24-35(25-30-39)33-14-5-2-6-15-33)43-31-26-37-17-8-10-20-41(37)44(43)42-21-11-18-36-16-7-9-19-40(36)42/h1-31H. The fraction of sp³-hybridized carbons (Fsp3) is 0. The predicted molar refractivity (Wildman–Crippen MR) is 192 cm³/mol. The Kier molecular flexibility index (Phi) is 6.90. The van der Waals surface area contributed by atoms with E-state index in [9.17, 15) is 0 Å². The highest BCUT2D eigenvalue weighted by atomic mass is 15.1. The lowest BCUT2D eigenvalue weighted by atomic mass is 9.91. The SMILES string of the molecule is c1ccc(-c2ccc(N(c3ccc(-c4ccccc4)cc3)c3ccc4ccccc4c3-c3cccc4ccccc34)cc2)cc1. The van der Waals surface area contributed by atoms with Crippen molar-refractivity contribution >= 4 is 38.6 Å². The van der Waals surface area contributed by atoms with Crippen molar-refractivity contribution in [1.82, 2.24) is 0 Å². The number of hydrogen-bond donors (Lipinski definition) is 0. The predicted octanol–water partition coefficient (Wildman–Crippen LogP) is 12.5. The Bertz CT molecular complexity index is 2150. The summed E-state index contributed by atoms with van der Waals surface area (Å²) in [7, 11) is 0. The Balaban J connectivity index is 1.37. The molecule has 8 rings (SSSR count). The third-order valence-electron chi connectivity index (χ3n) is 8.67. The number of fused-ring (bicyclic) bond motifs is 2. The van der Waals surface area contributed by atoms with Gasteiger partial charge in [-0.15, -0.1) is 0 Å². The topological polar surface area (TPSA) is 3.24 Å². The van der Waals surface area contributed by atoms with Gasteiger partial charge in [0, 0.05) is 16.9 Å². The van der Waals surface area contributed by atoms with Crippen LogP contribution in [0.1, 0.15) is 0 Å². The summed E-state index contributed by atoms with van der Waals surface area (Å²) in [6.45, 7) is 0. The number of nitrogens with zero attached hydrogens (tertiary/aromatic N) is 1. The average Bonchev–Trinajstić information content (AvgIpc) is 3.13. The molecule has 0 aliphatic heterocycles. The molecule has 0 saturated heterocycles. The van der Waals surface area contributed by atoms with Crippen molar-refractivity contribution in [3.05, 3.63) is 188 Å². The lowest BCUT2D eigenvalue weighted by molar-refractivity contribution is 1.29. The van der Waals surface area contributed by atoms with Crippen LogP contribution in [0.2, 0.25) is 0 Å². The van der Waals surface area contributed by atoms with Crippen LogP contribution in [0.5, 0.6) is 0 Å². The zero-order chi connectivity index (χ0) is 30.0. The summed E-state index contributed by atoms with van der Waals surface area (Å²) in [6.07, 6.45) is 0. The second kappa shape index (κ2) is 11.6. The summed E-state index contributed by atoms with van der Waals surface area (Å²) in [5.41, 5.74) is 10.6. The molecule has 8 aromatic rings. The van der Waals surface area contributed by atoms with Crippen LogP contribution in [0.3, 0.4) is 0 Å². The van der Waals surface area contributed by atoms with Crippen LogP contribution in [0.15, 0.2) is 188 Å². The van der Waals surface area contributed by atoms with Gasteiger partial charge in [-0.25, -0.2) is 0 Å². The molecule has 212 valence electrons. The van der Waals surface area contributed by atoms with Crippen LogP contribution in [-0.2, 0) is 0 Å². The van der Waals surface area contributed by atoms with Crippen LogP contribution in [0.4, 0.5) is 17.1 Å². The molecule has 0 spiro atoms. The normalized spacial score (nSPS) is 11.1. The van der Waals surface area contributed by atoms with Gasteiger partial charge in [-0.2, -0.15) is 0 Å². The molecule has 1 heteroatoms. The second-order valence-corrected chi connectivity index (χ2v) is 11.4. The molecule has 0 aliphatic rings. The van der Waals surface area contributed by atoms with E-state index in [0.29, 0.717) is 0 Å². The van der Waals surface area contributed by atoms with Gasteiger partial charge in [0.15, 0.2) is 0 Å². The second-order valence-electron chi connectivity index (χ2n) is 11.4. The van der Waals surface area contributed by atoms with E-state index in [0.717, 1.165) is 17.1 Å². The van der Waals surface area contributed by atoms with Gasteiger partial charge >= 0.3 is 0 Å². The summed E-state index contributed by atoms with van der Waals surface area (Å²) in [6, 6.07) is 67.7. The van der Waals surface area contributed by atoms with Gasteiger partial charge in [-0.1, -0.05) is 158 Å². The van der Waals surface area contributed by atoms with Crippen molar-refractivity contribution in [2.24, 2.45) is 0 Å². The smallest absolute Gasteiger partial charge is 0.0546 e. The molecule has 0 unspecified atom stereocenters. The summed E-state index contributed by atoms with van der Waals surface area (Å²) >= 11 is 0. The van der Waals surface area contributed by atoms with Crippen molar-refractivity contribution in [2.75, 3.05) is 4.90 Å². The Hall–Kier alpha value is -5.92. The van der Waals surface area contributed by atoms with E-state index >= 15 is 0 Å². The first-order valence-corrected chi connectivity index (χ1v) is 15.4. The fourth-order valence-corrected chi connectivity index (χ4v) is 6.47. The van der Waals surface area contributed by atoms with Gasteiger partial charge in [-0.3, -0.25) is 0 Å². The van der Waals surface area contributed by atoms with E-state index in [1.54, 1.807) is 0 Å². The van der Waals surface area contributed by atoms with Crippen molar-refractivity contribution in [1.29, 1.82) is 0 Å². The highest BCUT2D eigenvalue weighted by molar-refractivity contribution is 6.11. The summed E-state index contributed by atoms with van der Waals surface area (Å²) in [4.78, 5) is 2.41. The van der Waals surface area contributed by atoms with Crippen LogP contribution in [-0.4, -0.2) is 0 Å². The molecule has 0 heterocycles. The minimum absolute atomic E-state index is 1.11. The van der Waals surface area contributed by atoms with Crippen molar-refractivity contribution in [3.8, 4) is 33.4 Å². The van der Waals surface area contributed by atoms with Crippen molar-refractivity contribution < 1.29 is 0 Å². The van der Waals surface area contributed by atoms with E-state index in [-0.39, 0.29) is 0 Å². The highest BCUT2D eigenvalue weighted by Gasteiger charge is 2.21. The molecule has 0 aliphatic carbocycles. The third-order valence-corrected chi connectivity index (χ3v) is 8.67. The molecule has 0 aromatic heterocycles. The van der Waals surface area contributed by atoms with Crippen molar-refractivity contribution in [3.63, 3.8) is 0 Å². The van der Waals surface area contributed by atoms with Crippen LogP contribution < -0.4 is 4.90 Å². The summed E-state index contributed by atoms with van der Waals surface area (Å²) in [5, 5.41) is 4.94. The first kappa shape index (κ1) is 26.7. The maximum Gasteiger partial charge on any atom is 0.0546 e. The van der Waals surface area contributed by atoms with Crippen LogP contribution >= 0.6 is 0 Å². The van der Waals surface area contributed by atoms with Gasteiger partial charge in [0.25, 0.3) is 0 Å². The van der Waals surface area contributed by atoms with E-state index in [4.69, 9.17) is 0 Å². The van der Waals surface area contributed by atoms with E-state index in [1.165, 1.54) is 54.9 Å². The molecule has 0 N–H and O–H groups in total. The Morgan fingerprint density at radius 2 is 0.733 bits per heavy atom. The van der Waals surface area contributed by atoms with E-state index in [1.807, 2.05) is 0 Å². The Morgan fingerprint density at radius 1 is 0.289 bits per heavy atom. The monoisotopic (exact) mass is 573 g/mol. The molecule has 0 amide bonds. The number of benzene rings is 8. The molecule has 0 bridgehead atoms. The van der Waals surface area contributed by atoms with Crippen molar-refractivity contribution in [2.45, 2.75) is 0 Å². The quantitative estimate of drug-likeness (QED) is 0.191. The Labute approximate surface area is 264 Å².